The summed E-state index contributed by atoms with van der Waals surface area (Å²) in [5.41, 5.74) is 0.513. The van der Waals surface area contributed by atoms with Gasteiger partial charge >= 0.3 is 5.97 Å². The number of hydrogen-bond acceptors (Lipinski definition) is 4. The average molecular weight is 388 g/mol. The summed E-state index contributed by atoms with van der Waals surface area (Å²) in [6.45, 7) is -0.130. The number of benzene rings is 2. The lowest BCUT2D eigenvalue weighted by molar-refractivity contribution is -0.144. The van der Waals surface area contributed by atoms with E-state index < -0.39 is 16.0 Å². The van der Waals surface area contributed by atoms with E-state index in [0.29, 0.717) is 15.6 Å². The van der Waals surface area contributed by atoms with Gasteiger partial charge in [0.25, 0.3) is 0 Å². The normalized spacial score (nSPS) is 11.2. The topological polar surface area (TPSA) is 72.5 Å². The molecule has 0 radical (unpaired) electrons. The fourth-order valence-corrected chi connectivity index (χ4v) is 3.42. The molecule has 0 saturated heterocycles. The highest BCUT2D eigenvalue weighted by atomic mass is 35.5. The number of carbonyl (C=O) groups is 1. The average Bonchev–Trinajstić information content (AvgIpc) is 2.55. The van der Waals surface area contributed by atoms with Gasteiger partial charge in [-0.15, -0.1) is 0 Å². The molecular weight excluding hydrogens is 373 g/mol. The van der Waals surface area contributed by atoms with Crippen molar-refractivity contribution < 1.29 is 17.9 Å². The molecule has 0 amide bonds. The zero-order chi connectivity index (χ0) is 17.6. The third kappa shape index (κ3) is 5.21. The van der Waals surface area contributed by atoms with Gasteiger partial charge < -0.3 is 4.74 Å². The van der Waals surface area contributed by atoms with E-state index in [1.807, 2.05) is 0 Å². The molecule has 0 atom stereocenters. The van der Waals surface area contributed by atoms with E-state index in [1.54, 1.807) is 36.4 Å². The van der Waals surface area contributed by atoms with Gasteiger partial charge in [-0.1, -0.05) is 47.5 Å². The number of nitrogens with one attached hydrogen (secondary N) is 1. The van der Waals surface area contributed by atoms with Crippen molar-refractivity contribution in [3.8, 4) is 0 Å². The van der Waals surface area contributed by atoms with Crippen LogP contribution in [-0.4, -0.2) is 20.9 Å². The van der Waals surface area contributed by atoms with Crippen molar-refractivity contribution in [2.24, 2.45) is 0 Å². The maximum Gasteiger partial charge on any atom is 0.307 e. The predicted octanol–water partition coefficient (Wildman–Crippen LogP) is 3.41. The molecule has 0 bridgehead atoms. The maximum atomic E-state index is 12.0. The molecule has 2 aromatic rings. The van der Waals surface area contributed by atoms with Crippen LogP contribution < -0.4 is 4.72 Å². The number of esters is 1. The summed E-state index contributed by atoms with van der Waals surface area (Å²) in [5.74, 6) is -0.554. The van der Waals surface area contributed by atoms with Crippen LogP contribution >= 0.6 is 23.2 Å². The van der Waals surface area contributed by atoms with Crippen molar-refractivity contribution in [1.29, 1.82) is 0 Å². The summed E-state index contributed by atoms with van der Waals surface area (Å²) in [6, 6.07) is 12.9. The van der Waals surface area contributed by atoms with E-state index in [9.17, 15) is 13.2 Å². The minimum absolute atomic E-state index is 0.0632. The lowest BCUT2D eigenvalue weighted by Crippen LogP contribution is -2.26. The first-order chi connectivity index (χ1) is 11.4. The van der Waals surface area contributed by atoms with E-state index in [-0.39, 0.29) is 24.5 Å². The lowest BCUT2D eigenvalue weighted by Gasteiger charge is -2.09. The third-order valence-electron chi connectivity index (χ3n) is 3.11. The Morgan fingerprint density at radius 2 is 1.62 bits per heavy atom. The molecule has 2 rings (SSSR count). The molecule has 0 saturated carbocycles. The van der Waals surface area contributed by atoms with Crippen LogP contribution in [-0.2, 0) is 26.2 Å². The molecule has 2 aromatic carbocycles. The minimum atomic E-state index is -3.64. The van der Waals surface area contributed by atoms with Crippen molar-refractivity contribution in [3.63, 3.8) is 0 Å². The molecule has 0 aliphatic rings. The third-order valence-corrected chi connectivity index (χ3v) is 5.30. The van der Waals surface area contributed by atoms with Crippen molar-refractivity contribution in [2.75, 3.05) is 6.54 Å². The molecule has 128 valence electrons. The molecule has 24 heavy (non-hydrogen) atoms. The molecule has 8 heteroatoms. The van der Waals surface area contributed by atoms with Crippen molar-refractivity contribution in [1.82, 2.24) is 4.72 Å². The standard InChI is InChI=1S/C16H15Cl2NO4S/c17-14-7-4-8-15(18)13(14)11-23-16(20)9-10-19-24(21,22)12-5-2-1-3-6-12/h1-8,19H,9-11H2. The van der Waals surface area contributed by atoms with E-state index >= 15 is 0 Å². The summed E-state index contributed by atoms with van der Waals surface area (Å²) in [5, 5.41) is 0.806. The highest BCUT2D eigenvalue weighted by Crippen LogP contribution is 2.24. The first-order valence-corrected chi connectivity index (χ1v) is 9.27. The first kappa shape index (κ1) is 18.7. The SMILES string of the molecule is O=C(CCNS(=O)(=O)c1ccccc1)OCc1c(Cl)cccc1Cl. The van der Waals surface area contributed by atoms with Crippen molar-refractivity contribution in [3.05, 3.63) is 64.1 Å². The quantitative estimate of drug-likeness (QED) is 0.738. The Bertz CT molecular complexity index is 790. The molecule has 0 aliphatic carbocycles. The zero-order valence-corrected chi connectivity index (χ0v) is 14.9. The largest absolute Gasteiger partial charge is 0.461 e. The molecular formula is C16H15Cl2NO4S. The Balaban J connectivity index is 1.82. The highest BCUT2D eigenvalue weighted by Gasteiger charge is 2.14. The van der Waals surface area contributed by atoms with Crippen LogP contribution in [0.3, 0.4) is 0 Å². The van der Waals surface area contributed by atoms with Crippen LogP contribution in [0.5, 0.6) is 0 Å². The van der Waals surface area contributed by atoms with Crippen LogP contribution in [0.4, 0.5) is 0 Å². The predicted molar refractivity (Wildman–Crippen MR) is 92.5 cm³/mol. The van der Waals surface area contributed by atoms with Crippen LogP contribution in [0.2, 0.25) is 10.0 Å². The highest BCUT2D eigenvalue weighted by molar-refractivity contribution is 7.89. The van der Waals surface area contributed by atoms with Crippen molar-refractivity contribution in [2.45, 2.75) is 17.9 Å². The molecule has 5 nitrogen and oxygen atoms in total. The van der Waals surface area contributed by atoms with Gasteiger partial charge in [0, 0.05) is 22.2 Å². The van der Waals surface area contributed by atoms with Gasteiger partial charge in [-0.05, 0) is 24.3 Å². The van der Waals surface area contributed by atoms with Gasteiger partial charge in [0.15, 0.2) is 0 Å². The Labute approximate surface area is 150 Å². The molecule has 0 heterocycles. The van der Waals surface area contributed by atoms with Gasteiger partial charge in [-0.2, -0.15) is 0 Å². The maximum absolute atomic E-state index is 12.0. The Hall–Kier alpha value is -1.60. The second-order valence-corrected chi connectivity index (χ2v) is 7.40. The van der Waals surface area contributed by atoms with Gasteiger partial charge in [0.1, 0.15) is 6.61 Å². The number of hydrogen-bond donors (Lipinski definition) is 1. The molecule has 0 fully saturated rings. The van der Waals surface area contributed by atoms with Gasteiger partial charge in [0.2, 0.25) is 10.0 Å². The number of ether oxygens (including phenoxy) is 1. The van der Waals surface area contributed by atoms with Crippen LogP contribution in [0.25, 0.3) is 0 Å². The zero-order valence-electron chi connectivity index (χ0n) is 12.5. The smallest absolute Gasteiger partial charge is 0.307 e. The summed E-state index contributed by atoms with van der Waals surface area (Å²) in [4.78, 5) is 11.9. The van der Waals surface area contributed by atoms with Gasteiger partial charge in [-0.25, -0.2) is 13.1 Å². The van der Waals surface area contributed by atoms with Gasteiger partial charge in [0.05, 0.1) is 11.3 Å². The molecule has 0 unspecified atom stereocenters. The van der Waals surface area contributed by atoms with Gasteiger partial charge in [-0.3, -0.25) is 4.79 Å². The Kier molecular flexibility index (Phi) is 6.62. The first-order valence-electron chi connectivity index (χ1n) is 7.03. The van der Waals surface area contributed by atoms with E-state index in [2.05, 4.69) is 4.72 Å². The van der Waals surface area contributed by atoms with Crippen molar-refractivity contribution >= 4 is 39.2 Å². The summed E-state index contributed by atoms with van der Waals surface area (Å²) in [7, 11) is -3.64. The summed E-state index contributed by atoms with van der Waals surface area (Å²) < 4.78 is 31.4. The lowest BCUT2D eigenvalue weighted by atomic mass is 10.2. The summed E-state index contributed by atoms with van der Waals surface area (Å²) in [6.07, 6.45) is -0.103. The molecule has 0 aliphatic heterocycles. The molecule has 0 aromatic heterocycles. The number of carbonyl (C=O) groups excluding carboxylic acids is 1. The van der Waals surface area contributed by atoms with E-state index in [0.717, 1.165) is 0 Å². The molecule has 0 spiro atoms. The van der Waals surface area contributed by atoms with Crippen LogP contribution in [0.15, 0.2) is 53.4 Å². The second kappa shape index (κ2) is 8.48. The van der Waals surface area contributed by atoms with E-state index in [4.69, 9.17) is 27.9 Å². The number of sulfonamides is 1. The minimum Gasteiger partial charge on any atom is -0.461 e. The number of rotatable bonds is 7. The number of halogens is 2. The Morgan fingerprint density at radius 1 is 1.00 bits per heavy atom. The Morgan fingerprint density at radius 3 is 2.25 bits per heavy atom. The fourth-order valence-electron chi connectivity index (χ4n) is 1.87. The second-order valence-electron chi connectivity index (χ2n) is 4.82. The van der Waals surface area contributed by atoms with E-state index in [1.165, 1.54) is 12.1 Å². The fraction of sp³-hybridized carbons (Fsp3) is 0.188. The van der Waals surface area contributed by atoms with Crippen LogP contribution in [0.1, 0.15) is 12.0 Å². The summed E-state index contributed by atoms with van der Waals surface area (Å²) >= 11 is 12.0. The van der Waals surface area contributed by atoms with Crippen LogP contribution in [0, 0.1) is 0 Å². The molecule has 1 N–H and O–H groups in total. The monoisotopic (exact) mass is 387 g/mol.